The van der Waals surface area contributed by atoms with Gasteiger partial charge in [0.25, 0.3) is 11.9 Å². The highest BCUT2D eigenvalue weighted by molar-refractivity contribution is 7.84. The van der Waals surface area contributed by atoms with Gasteiger partial charge in [0.2, 0.25) is 0 Å². The van der Waals surface area contributed by atoms with E-state index in [2.05, 4.69) is 12.1 Å². The number of thiocarbonyl (C=S) groups is 1. The molecule has 2 rings (SSSR count). The minimum Gasteiger partial charge on any atom is -0.611 e. The van der Waals surface area contributed by atoms with Gasteiger partial charge in [-0.2, -0.15) is 0 Å². The van der Waals surface area contributed by atoms with E-state index in [-0.39, 0.29) is 23.8 Å². The highest BCUT2D eigenvalue weighted by Gasteiger charge is 2.46. The van der Waals surface area contributed by atoms with Crippen LogP contribution >= 0.6 is 12.2 Å². The van der Waals surface area contributed by atoms with Crippen molar-refractivity contribution in [2.45, 2.75) is 57.4 Å². The lowest BCUT2D eigenvalue weighted by atomic mass is 9.59. The van der Waals surface area contributed by atoms with Gasteiger partial charge < -0.3 is 14.6 Å². The molecule has 2 aliphatic rings. The molecule has 1 heterocycles. The van der Waals surface area contributed by atoms with E-state index in [0.717, 1.165) is 25.7 Å². The first kappa shape index (κ1) is 15.2. The van der Waals surface area contributed by atoms with Crippen LogP contribution in [0.25, 0.3) is 0 Å². The molecule has 1 N–H and O–H groups in total. The summed E-state index contributed by atoms with van der Waals surface area (Å²) in [6.07, 6.45) is 6.40. The van der Waals surface area contributed by atoms with E-state index < -0.39 is 18.5 Å². The molecule has 0 aromatic rings. The smallest absolute Gasteiger partial charge is 0.607 e. The van der Waals surface area contributed by atoms with E-state index in [4.69, 9.17) is 21.5 Å². The second-order valence-electron chi connectivity index (χ2n) is 5.55. The van der Waals surface area contributed by atoms with Crippen molar-refractivity contribution in [3.05, 3.63) is 6.82 Å². The van der Waals surface area contributed by atoms with Gasteiger partial charge in [0, 0.05) is 18.9 Å². The predicted molar refractivity (Wildman–Crippen MR) is 79.8 cm³/mol. The van der Waals surface area contributed by atoms with Gasteiger partial charge in [-0.1, -0.05) is 31.5 Å². The van der Waals surface area contributed by atoms with E-state index >= 15 is 0 Å². The Morgan fingerprint density at radius 1 is 1.10 bits per heavy atom. The second kappa shape index (κ2) is 6.48. The summed E-state index contributed by atoms with van der Waals surface area (Å²) in [6.45, 7) is 1.31. The van der Waals surface area contributed by atoms with Crippen LogP contribution in [-0.2, 0) is 18.9 Å². The summed E-state index contributed by atoms with van der Waals surface area (Å²) in [5.41, 5.74) is 0. The van der Waals surface area contributed by atoms with Gasteiger partial charge in [0.1, 0.15) is 0 Å². The summed E-state index contributed by atoms with van der Waals surface area (Å²) < 4.78 is 10.4. The van der Waals surface area contributed by atoms with Gasteiger partial charge in [-0.3, -0.25) is 9.59 Å². The number of rotatable bonds is 2. The predicted octanol–water partition coefficient (Wildman–Crippen LogP) is 1.86. The third-order valence-electron chi connectivity index (χ3n) is 3.76. The topological polar surface area (TPSA) is 64.6 Å². The van der Waals surface area contributed by atoms with Crippen LogP contribution in [0.15, 0.2) is 0 Å². The zero-order valence-corrected chi connectivity index (χ0v) is 12.4. The number of hydrogen-bond donors (Lipinski definition) is 1. The first-order valence-corrected chi connectivity index (χ1v) is 7.66. The van der Waals surface area contributed by atoms with Crippen molar-refractivity contribution >= 4 is 35.6 Å². The Hall–Kier alpha value is -1.24. The fourth-order valence-corrected chi connectivity index (χ4v) is 2.89. The molecule has 5 nitrogen and oxygen atoms in total. The highest BCUT2D eigenvalue weighted by atomic mass is 32.1. The van der Waals surface area contributed by atoms with E-state index in [1.165, 1.54) is 6.42 Å². The molecule has 0 bridgehead atoms. The zero-order valence-electron chi connectivity index (χ0n) is 11.6. The van der Waals surface area contributed by atoms with Crippen LogP contribution in [0.4, 0.5) is 0 Å². The summed E-state index contributed by atoms with van der Waals surface area (Å²) in [5, 5.41) is 3.16. The molecule has 1 aliphatic carbocycles. The van der Waals surface area contributed by atoms with Crippen LogP contribution in [0.5, 0.6) is 0 Å². The Bertz CT molecular complexity index is 391. The maximum absolute atomic E-state index is 11.6. The van der Waals surface area contributed by atoms with E-state index in [9.17, 15) is 9.59 Å². The second-order valence-corrected chi connectivity index (χ2v) is 5.99. The summed E-state index contributed by atoms with van der Waals surface area (Å²) in [7, 11) is 0. The first-order valence-electron chi connectivity index (χ1n) is 7.25. The van der Waals surface area contributed by atoms with Crippen molar-refractivity contribution in [1.82, 2.24) is 5.32 Å². The number of carbonyl (C=O) groups excluding carboxylic acids is 2. The van der Waals surface area contributed by atoms with Crippen molar-refractivity contribution in [3.63, 3.8) is 0 Å². The molecule has 1 aliphatic heterocycles. The summed E-state index contributed by atoms with van der Waals surface area (Å²) in [5.74, 6) is -0.833. The lowest BCUT2D eigenvalue weighted by Crippen LogP contribution is -2.58. The van der Waals surface area contributed by atoms with Crippen molar-refractivity contribution < 1.29 is 18.9 Å². The van der Waals surface area contributed by atoms with Gasteiger partial charge in [0.05, 0.1) is 4.89 Å². The normalized spacial score (nSPS) is 24.0. The molecule has 20 heavy (non-hydrogen) atoms. The van der Waals surface area contributed by atoms with Crippen LogP contribution in [0.1, 0.15) is 51.4 Å². The highest BCUT2D eigenvalue weighted by Crippen LogP contribution is 2.20. The first-order chi connectivity index (χ1) is 9.49. The van der Waals surface area contributed by atoms with Crippen molar-refractivity contribution in [2.24, 2.45) is 0 Å². The van der Waals surface area contributed by atoms with Crippen LogP contribution in [0.2, 0.25) is 0 Å². The molecule has 7 heteroatoms. The van der Waals surface area contributed by atoms with Gasteiger partial charge in [0.15, 0.2) is 0 Å². The molecule has 0 aromatic carbocycles. The number of carbonyl (C=O) groups is 2. The number of nitrogens with one attached hydrogen (secondary N) is 1. The Labute approximate surface area is 124 Å². The summed E-state index contributed by atoms with van der Waals surface area (Å²) in [4.78, 5) is 23.5. The molecule has 2 fully saturated rings. The molecule has 1 saturated carbocycles. The SMILES string of the molecule is [CH2+][B-]1(C(=S)NC2CCCCC2)OC(=O)CCCC(=O)O1. The minimum absolute atomic E-state index is 0.195. The third kappa shape index (κ3) is 3.88. The van der Waals surface area contributed by atoms with E-state index in [1.807, 2.05) is 0 Å². The molecule has 0 unspecified atom stereocenters. The Morgan fingerprint density at radius 3 is 2.20 bits per heavy atom. The van der Waals surface area contributed by atoms with Gasteiger partial charge in [-0.25, -0.2) is 0 Å². The van der Waals surface area contributed by atoms with E-state index in [1.54, 1.807) is 0 Å². The zero-order chi connectivity index (χ0) is 14.6. The average molecular weight is 297 g/mol. The van der Waals surface area contributed by atoms with Gasteiger partial charge in [-0.15, -0.1) is 0 Å². The largest absolute Gasteiger partial charge is 0.611 e. The standard InChI is InChI=1S/C13H20BNO4S/c1-14(13(20)15-10-6-3-2-4-7-10)18-11(16)8-5-9-12(17)19-14/h10H,1-9H2,(H,15,20). The average Bonchev–Trinajstić information content (AvgIpc) is 2.38. The molecule has 0 radical (unpaired) electrons. The summed E-state index contributed by atoms with van der Waals surface area (Å²) in [6, 6.07) is 0.250. The maximum Gasteiger partial charge on any atom is 0.607 e. The Kier molecular flexibility index (Phi) is 4.91. The van der Waals surface area contributed by atoms with Crippen LogP contribution in [0.3, 0.4) is 0 Å². The van der Waals surface area contributed by atoms with Crippen molar-refractivity contribution in [2.75, 3.05) is 0 Å². The lowest BCUT2D eigenvalue weighted by molar-refractivity contribution is -0.143. The quantitative estimate of drug-likeness (QED) is 0.477. The summed E-state index contributed by atoms with van der Waals surface area (Å²) >= 11 is 5.28. The fraction of sp³-hybridized carbons (Fsp3) is 0.692. The van der Waals surface area contributed by atoms with E-state index in [0.29, 0.717) is 6.42 Å². The minimum atomic E-state index is -2.46. The Balaban J connectivity index is 2.02. The van der Waals surface area contributed by atoms with Crippen LogP contribution < -0.4 is 5.32 Å². The van der Waals surface area contributed by atoms with Crippen molar-refractivity contribution in [3.8, 4) is 0 Å². The molecule has 110 valence electrons. The molecule has 0 amide bonds. The van der Waals surface area contributed by atoms with Crippen LogP contribution in [0, 0.1) is 6.82 Å². The molecule has 0 atom stereocenters. The molecule has 0 aromatic heterocycles. The molecule has 1 saturated heterocycles. The van der Waals surface area contributed by atoms with Gasteiger partial charge >= 0.3 is 6.55 Å². The fourth-order valence-electron chi connectivity index (χ4n) is 2.63. The molecular formula is C13H20BNO4S. The maximum atomic E-state index is 11.6. The molecular weight excluding hydrogens is 277 g/mol. The lowest BCUT2D eigenvalue weighted by Gasteiger charge is -2.35. The molecule has 0 spiro atoms. The number of hydrogen-bond acceptors (Lipinski definition) is 5. The monoisotopic (exact) mass is 297 g/mol. The third-order valence-corrected chi connectivity index (χ3v) is 4.23. The Morgan fingerprint density at radius 2 is 1.65 bits per heavy atom. The van der Waals surface area contributed by atoms with Crippen LogP contribution in [-0.4, -0.2) is 29.4 Å². The van der Waals surface area contributed by atoms with Gasteiger partial charge in [-0.05, 0) is 26.1 Å². The van der Waals surface area contributed by atoms with Crippen molar-refractivity contribution in [1.29, 1.82) is 0 Å².